The number of rotatable bonds is 54. The topological polar surface area (TPSA) is 78.9 Å². The van der Waals surface area contributed by atoms with Crippen LogP contribution in [-0.4, -0.2) is 37.2 Å². The van der Waals surface area contributed by atoms with Crippen LogP contribution in [0.25, 0.3) is 0 Å². The normalized spacial score (nSPS) is 12.8. The Morgan fingerprint density at radius 1 is 0.292 bits per heavy atom. The average molecular weight is 1000 g/mol. The highest BCUT2D eigenvalue weighted by Crippen LogP contribution is 2.16. The van der Waals surface area contributed by atoms with Crippen molar-refractivity contribution < 1.29 is 28.6 Å². The van der Waals surface area contributed by atoms with Crippen LogP contribution in [0.5, 0.6) is 0 Å². The molecule has 0 aromatic rings. The standard InChI is InChI=1S/C66H112O6/c1-4-7-10-13-16-19-22-25-28-31-33-36-38-41-44-47-50-53-56-59-65(68)71-62-63(61-70-64(67)58-55-52-49-46-43-40-37-34-30-27-24-21-18-15-12-9-6-3)72-66(69)60-57-54-51-48-45-42-39-35-32-29-26-23-20-17-14-11-8-5-2/h7,10,13,16,19,22,25,28,31,33,35-36,38-39,41,44,63H,4-6,8-9,11-12,14-15,17-18,20-21,23-24,26-27,29-30,32,34,37,40,42-43,45-62H2,1-3H3/b10-7-,16-13-,22-19-,28-25-,33-31+,38-36-,39-35-,44-41-. The fourth-order valence-electron chi connectivity index (χ4n) is 8.48. The zero-order chi connectivity index (χ0) is 52.2. The van der Waals surface area contributed by atoms with Gasteiger partial charge in [-0.05, 0) is 64.2 Å². The van der Waals surface area contributed by atoms with E-state index in [1.165, 1.54) is 161 Å². The lowest BCUT2D eigenvalue weighted by atomic mass is 10.0. The van der Waals surface area contributed by atoms with Crippen LogP contribution in [0.15, 0.2) is 97.2 Å². The summed E-state index contributed by atoms with van der Waals surface area (Å²) in [5.74, 6) is -0.940. The van der Waals surface area contributed by atoms with Gasteiger partial charge in [0.1, 0.15) is 13.2 Å². The van der Waals surface area contributed by atoms with Crippen molar-refractivity contribution in [1.82, 2.24) is 0 Å². The fraction of sp³-hybridized carbons (Fsp3) is 0.712. The lowest BCUT2D eigenvalue weighted by molar-refractivity contribution is -0.167. The van der Waals surface area contributed by atoms with E-state index in [0.717, 1.165) is 83.5 Å². The molecule has 6 nitrogen and oxygen atoms in total. The first-order valence-corrected chi connectivity index (χ1v) is 30.3. The van der Waals surface area contributed by atoms with Gasteiger partial charge < -0.3 is 14.2 Å². The van der Waals surface area contributed by atoms with E-state index in [2.05, 4.69) is 51.2 Å². The maximum absolute atomic E-state index is 12.9. The van der Waals surface area contributed by atoms with Crippen molar-refractivity contribution in [1.29, 1.82) is 0 Å². The van der Waals surface area contributed by atoms with E-state index >= 15 is 0 Å². The Labute approximate surface area is 445 Å². The molecule has 0 saturated heterocycles. The minimum atomic E-state index is -0.801. The molecule has 6 heteroatoms. The van der Waals surface area contributed by atoms with Crippen LogP contribution in [-0.2, 0) is 28.6 Å². The quantitative estimate of drug-likeness (QED) is 0.0199. The van der Waals surface area contributed by atoms with Crippen LogP contribution < -0.4 is 0 Å². The molecule has 0 bridgehead atoms. The van der Waals surface area contributed by atoms with Gasteiger partial charge in [0.15, 0.2) is 6.10 Å². The van der Waals surface area contributed by atoms with E-state index in [-0.39, 0.29) is 31.1 Å². The van der Waals surface area contributed by atoms with Crippen molar-refractivity contribution in [2.75, 3.05) is 13.2 Å². The van der Waals surface area contributed by atoms with E-state index in [1.54, 1.807) is 0 Å². The maximum atomic E-state index is 12.9. The number of carbonyl (C=O) groups excluding carboxylic acids is 3. The Balaban J connectivity index is 4.48. The number of hydrogen-bond acceptors (Lipinski definition) is 6. The van der Waals surface area contributed by atoms with Gasteiger partial charge in [-0.25, -0.2) is 0 Å². The first-order chi connectivity index (χ1) is 35.5. The molecule has 0 saturated carbocycles. The second-order valence-electron chi connectivity index (χ2n) is 20.1. The van der Waals surface area contributed by atoms with Crippen molar-refractivity contribution in [3.63, 3.8) is 0 Å². The van der Waals surface area contributed by atoms with Gasteiger partial charge in [-0.2, -0.15) is 0 Å². The summed E-state index contributed by atoms with van der Waals surface area (Å²) in [5, 5.41) is 0. The highest BCUT2D eigenvalue weighted by Gasteiger charge is 2.19. The molecule has 0 aliphatic carbocycles. The SMILES string of the molecule is CC\C=C/C=C\C=C/C=C\C=C\C=C/C=C\CCCCCC(=O)OCC(COC(=O)CCCCCCCCCCCCCCCCCCC)OC(=O)CCCCCCC/C=C\CCCCCCCCCCC. The highest BCUT2D eigenvalue weighted by atomic mass is 16.6. The number of unbranched alkanes of at least 4 members (excludes halogenated alkanes) is 33. The van der Waals surface area contributed by atoms with Crippen molar-refractivity contribution in [3.8, 4) is 0 Å². The van der Waals surface area contributed by atoms with Gasteiger partial charge in [0.05, 0.1) is 0 Å². The van der Waals surface area contributed by atoms with Crippen LogP contribution in [0.1, 0.15) is 284 Å². The first-order valence-electron chi connectivity index (χ1n) is 30.3. The third-order valence-corrected chi connectivity index (χ3v) is 13.0. The smallest absolute Gasteiger partial charge is 0.306 e. The Morgan fingerprint density at radius 2 is 0.556 bits per heavy atom. The van der Waals surface area contributed by atoms with E-state index < -0.39 is 6.10 Å². The Kier molecular flexibility index (Phi) is 56.8. The second-order valence-corrected chi connectivity index (χ2v) is 20.1. The van der Waals surface area contributed by atoms with Gasteiger partial charge in [-0.15, -0.1) is 0 Å². The Morgan fingerprint density at radius 3 is 0.903 bits per heavy atom. The predicted molar refractivity (Wildman–Crippen MR) is 311 cm³/mol. The minimum Gasteiger partial charge on any atom is -0.462 e. The van der Waals surface area contributed by atoms with E-state index in [0.29, 0.717) is 19.3 Å². The molecule has 0 spiro atoms. The molecule has 0 fully saturated rings. The molecule has 0 aliphatic rings. The minimum absolute atomic E-state index is 0.0939. The molecule has 0 amide bonds. The van der Waals surface area contributed by atoms with Crippen LogP contribution >= 0.6 is 0 Å². The van der Waals surface area contributed by atoms with Crippen LogP contribution in [0.2, 0.25) is 0 Å². The lowest BCUT2D eigenvalue weighted by Gasteiger charge is -2.18. The molecule has 0 N–H and O–H groups in total. The highest BCUT2D eigenvalue weighted by molar-refractivity contribution is 5.71. The molecule has 0 aliphatic heterocycles. The van der Waals surface area contributed by atoms with Crippen LogP contribution in [0.4, 0.5) is 0 Å². The van der Waals surface area contributed by atoms with Gasteiger partial charge >= 0.3 is 17.9 Å². The van der Waals surface area contributed by atoms with Gasteiger partial charge in [0.25, 0.3) is 0 Å². The lowest BCUT2D eigenvalue weighted by Crippen LogP contribution is -2.30. The average Bonchev–Trinajstić information content (AvgIpc) is 3.38. The molecule has 0 aromatic heterocycles. The summed E-state index contributed by atoms with van der Waals surface area (Å²) in [5.41, 5.74) is 0. The number of hydrogen-bond donors (Lipinski definition) is 0. The van der Waals surface area contributed by atoms with Crippen molar-refractivity contribution in [2.24, 2.45) is 0 Å². The molecule has 0 rings (SSSR count). The first kappa shape index (κ1) is 68.3. The molecule has 72 heavy (non-hydrogen) atoms. The summed E-state index contributed by atoms with van der Waals surface area (Å²) in [6.07, 6.45) is 79.7. The molecule has 0 heterocycles. The summed E-state index contributed by atoms with van der Waals surface area (Å²) in [7, 11) is 0. The molecule has 1 unspecified atom stereocenters. The third kappa shape index (κ3) is 57.2. The zero-order valence-corrected chi connectivity index (χ0v) is 47.2. The number of carbonyl (C=O) groups is 3. The van der Waals surface area contributed by atoms with Crippen molar-refractivity contribution in [3.05, 3.63) is 97.2 Å². The summed E-state index contributed by atoms with van der Waals surface area (Å²) in [6.45, 7) is 6.48. The molecule has 412 valence electrons. The van der Waals surface area contributed by atoms with Crippen molar-refractivity contribution in [2.45, 2.75) is 290 Å². The summed E-state index contributed by atoms with van der Waals surface area (Å²) in [4.78, 5) is 38.3. The monoisotopic (exact) mass is 1000 g/mol. The molecule has 0 radical (unpaired) electrons. The molecule has 1 atom stereocenters. The van der Waals surface area contributed by atoms with E-state index in [1.807, 2.05) is 66.8 Å². The second kappa shape index (κ2) is 59.9. The van der Waals surface area contributed by atoms with E-state index in [9.17, 15) is 14.4 Å². The third-order valence-electron chi connectivity index (χ3n) is 13.0. The Hall–Kier alpha value is -3.67. The Bertz CT molecular complexity index is 1430. The molecular weight excluding hydrogens is 889 g/mol. The van der Waals surface area contributed by atoms with Gasteiger partial charge in [0.2, 0.25) is 0 Å². The molecule has 0 aromatic carbocycles. The van der Waals surface area contributed by atoms with Gasteiger partial charge in [0, 0.05) is 19.3 Å². The van der Waals surface area contributed by atoms with Crippen LogP contribution in [0, 0.1) is 0 Å². The zero-order valence-electron chi connectivity index (χ0n) is 47.2. The fourth-order valence-corrected chi connectivity index (χ4v) is 8.48. The van der Waals surface area contributed by atoms with Crippen molar-refractivity contribution >= 4 is 17.9 Å². The largest absolute Gasteiger partial charge is 0.462 e. The van der Waals surface area contributed by atoms with Gasteiger partial charge in [-0.1, -0.05) is 298 Å². The predicted octanol–water partition coefficient (Wildman–Crippen LogP) is 20.5. The number of ether oxygens (including phenoxy) is 3. The van der Waals surface area contributed by atoms with Crippen LogP contribution in [0.3, 0.4) is 0 Å². The summed E-state index contributed by atoms with van der Waals surface area (Å²) < 4.78 is 16.9. The molecular formula is C66H112O6. The number of esters is 3. The van der Waals surface area contributed by atoms with E-state index in [4.69, 9.17) is 14.2 Å². The number of allylic oxidation sites excluding steroid dienone is 16. The maximum Gasteiger partial charge on any atom is 0.306 e. The summed E-state index contributed by atoms with van der Waals surface area (Å²) >= 11 is 0. The summed E-state index contributed by atoms with van der Waals surface area (Å²) in [6, 6.07) is 0. The van der Waals surface area contributed by atoms with Gasteiger partial charge in [-0.3, -0.25) is 14.4 Å².